The summed E-state index contributed by atoms with van der Waals surface area (Å²) < 4.78 is 7.47. The highest BCUT2D eigenvalue weighted by Crippen LogP contribution is 2.33. The first-order valence-electron chi connectivity index (χ1n) is 6.24. The van der Waals surface area contributed by atoms with Crippen LogP contribution in [0.1, 0.15) is 0 Å². The van der Waals surface area contributed by atoms with Crippen molar-refractivity contribution in [2.45, 2.75) is 0 Å². The Balaban J connectivity index is 2.30. The molecule has 0 fully saturated rings. The van der Waals surface area contributed by atoms with E-state index in [-0.39, 0.29) is 0 Å². The number of H-pyrrole nitrogens is 1. The van der Waals surface area contributed by atoms with Crippen LogP contribution in [0.15, 0.2) is 36.5 Å². The molecule has 0 saturated carbocycles. The van der Waals surface area contributed by atoms with E-state index in [1.54, 1.807) is 48.2 Å². The highest BCUT2D eigenvalue weighted by molar-refractivity contribution is 7.71. The summed E-state index contributed by atoms with van der Waals surface area (Å²) in [6.07, 6.45) is 1.61. The van der Waals surface area contributed by atoms with Crippen molar-refractivity contribution in [3.8, 4) is 22.8 Å². The minimum Gasteiger partial charge on any atom is -0.496 e. The number of aromatic nitrogens is 4. The van der Waals surface area contributed by atoms with Gasteiger partial charge in [-0.15, -0.1) is 0 Å². The Morgan fingerprint density at radius 2 is 2.09 bits per heavy atom. The monoisotopic (exact) mass is 352 g/mol. The molecule has 1 N–H and O–H groups in total. The minimum atomic E-state index is 0.322. The molecule has 1 aromatic carbocycles. The van der Waals surface area contributed by atoms with Crippen LogP contribution in [0.5, 0.6) is 5.75 Å². The maximum Gasteiger partial charge on any atom is 0.200 e. The number of ether oxygens (including phenoxy) is 1. The van der Waals surface area contributed by atoms with E-state index in [4.69, 9.17) is 40.2 Å². The van der Waals surface area contributed by atoms with Gasteiger partial charge in [-0.1, -0.05) is 23.2 Å². The Kier molecular flexibility index (Phi) is 4.15. The van der Waals surface area contributed by atoms with Crippen molar-refractivity contribution in [3.63, 3.8) is 0 Å². The molecule has 112 valence electrons. The molecule has 0 atom stereocenters. The van der Waals surface area contributed by atoms with E-state index in [9.17, 15) is 0 Å². The second kappa shape index (κ2) is 6.08. The first kappa shape index (κ1) is 15.0. The zero-order chi connectivity index (χ0) is 15.7. The predicted octanol–water partition coefficient (Wildman–Crippen LogP) is 4.31. The van der Waals surface area contributed by atoms with Crippen molar-refractivity contribution in [1.29, 1.82) is 0 Å². The maximum atomic E-state index is 6.17. The number of benzene rings is 1. The molecule has 2 heterocycles. The molecule has 22 heavy (non-hydrogen) atoms. The fourth-order valence-corrected chi connectivity index (χ4v) is 2.71. The quantitative estimate of drug-likeness (QED) is 0.563. The van der Waals surface area contributed by atoms with Gasteiger partial charge in [-0.2, -0.15) is 5.10 Å². The van der Waals surface area contributed by atoms with E-state index < -0.39 is 0 Å². The molecule has 0 aliphatic carbocycles. The lowest BCUT2D eigenvalue weighted by Crippen LogP contribution is -2.01. The summed E-state index contributed by atoms with van der Waals surface area (Å²) in [7, 11) is 1.58. The largest absolute Gasteiger partial charge is 0.496 e. The van der Waals surface area contributed by atoms with E-state index >= 15 is 0 Å². The van der Waals surface area contributed by atoms with E-state index in [0.717, 1.165) is 0 Å². The highest BCUT2D eigenvalue weighted by Gasteiger charge is 2.17. The van der Waals surface area contributed by atoms with Crippen LogP contribution in [0.3, 0.4) is 0 Å². The van der Waals surface area contributed by atoms with Crippen molar-refractivity contribution in [1.82, 2.24) is 19.7 Å². The molecule has 2 aromatic heterocycles. The average Bonchev–Trinajstić information content (AvgIpc) is 2.89. The number of hydrogen-bond acceptors (Lipinski definition) is 4. The standard InChI is InChI=1S/C14H10Cl2N4OS/c1-21-11-5-4-8(15)7-9(11)13-18-19-14(22)20(13)10-3-2-6-17-12(10)16/h2-7H,1H3,(H,19,22). The first-order chi connectivity index (χ1) is 10.6. The Labute approximate surface area is 141 Å². The maximum absolute atomic E-state index is 6.17. The molecule has 5 nitrogen and oxygen atoms in total. The Morgan fingerprint density at radius 1 is 1.27 bits per heavy atom. The summed E-state index contributed by atoms with van der Waals surface area (Å²) in [4.78, 5) is 4.07. The molecule has 0 aliphatic rings. The lowest BCUT2D eigenvalue weighted by Gasteiger charge is -2.11. The van der Waals surface area contributed by atoms with E-state index in [2.05, 4.69) is 15.2 Å². The Bertz CT molecular complexity index is 891. The van der Waals surface area contributed by atoms with Gasteiger partial charge in [0, 0.05) is 11.2 Å². The number of nitrogens with zero attached hydrogens (tertiary/aromatic N) is 3. The zero-order valence-corrected chi connectivity index (χ0v) is 13.7. The van der Waals surface area contributed by atoms with E-state index in [1.165, 1.54) is 0 Å². The van der Waals surface area contributed by atoms with Gasteiger partial charge < -0.3 is 4.74 Å². The highest BCUT2D eigenvalue weighted by atomic mass is 35.5. The SMILES string of the molecule is COc1ccc(Cl)cc1-c1n[nH]c(=S)n1-c1cccnc1Cl. The number of rotatable bonds is 3. The van der Waals surface area contributed by atoms with Gasteiger partial charge in [0.2, 0.25) is 0 Å². The van der Waals surface area contributed by atoms with Crippen molar-refractivity contribution in [3.05, 3.63) is 51.5 Å². The van der Waals surface area contributed by atoms with Crippen LogP contribution in [-0.2, 0) is 0 Å². The smallest absolute Gasteiger partial charge is 0.200 e. The third-order valence-electron chi connectivity index (χ3n) is 3.06. The van der Waals surface area contributed by atoms with Crippen LogP contribution < -0.4 is 4.74 Å². The molecule has 0 aliphatic heterocycles. The van der Waals surface area contributed by atoms with Crippen LogP contribution >= 0.6 is 35.4 Å². The van der Waals surface area contributed by atoms with Gasteiger partial charge in [0.1, 0.15) is 5.75 Å². The third-order valence-corrected chi connectivity index (χ3v) is 3.86. The molecule has 0 saturated heterocycles. The number of hydrogen-bond donors (Lipinski definition) is 1. The molecular weight excluding hydrogens is 343 g/mol. The Morgan fingerprint density at radius 3 is 2.82 bits per heavy atom. The normalized spacial score (nSPS) is 10.7. The van der Waals surface area contributed by atoms with E-state index in [0.29, 0.717) is 37.8 Å². The summed E-state index contributed by atoms with van der Waals surface area (Å²) in [6.45, 7) is 0. The van der Waals surface area contributed by atoms with Gasteiger partial charge in [-0.3, -0.25) is 9.67 Å². The van der Waals surface area contributed by atoms with Crippen LogP contribution in [0.4, 0.5) is 0 Å². The van der Waals surface area contributed by atoms with Crippen molar-refractivity contribution in [2.75, 3.05) is 7.11 Å². The third kappa shape index (κ3) is 2.61. The summed E-state index contributed by atoms with van der Waals surface area (Å²) >= 11 is 17.6. The number of pyridine rings is 1. The van der Waals surface area contributed by atoms with Gasteiger partial charge in [0.25, 0.3) is 0 Å². The van der Waals surface area contributed by atoms with Crippen molar-refractivity contribution >= 4 is 35.4 Å². The minimum absolute atomic E-state index is 0.322. The van der Waals surface area contributed by atoms with Crippen LogP contribution in [0.25, 0.3) is 17.1 Å². The van der Waals surface area contributed by atoms with E-state index in [1.807, 2.05) is 0 Å². The van der Waals surface area contributed by atoms with Crippen LogP contribution in [-0.4, -0.2) is 26.9 Å². The second-order valence-electron chi connectivity index (χ2n) is 4.35. The number of halogens is 2. The number of methoxy groups -OCH3 is 1. The summed E-state index contributed by atoms with van der Waals surface area (Å²) in [6, 6.07) is 8.85. The topological polar surface area (TPSA) is 55.7 Å². The first-order valence-corrected chi connectivity index (χ1v) is 7.40. The zero-order valence-electron chi connectivity index (χ0n) is 11.4. The molecule has 3 aromatic rings. The van der Waals surface area contributed by atoms with Gasteiger partial charge >= 0.3 is 0 Å². The fraction of sp³-hybridized carbons (Fsp3) is 0.0714. The number of aromatic amines is 1. The van der Waals surface area contributed by atoms with Crippen molar-refractivity contribution in [2.24, 2.45) is 0 Å². The van der Waals surface area contributed by atoms with Crippen LogP contribution in [0.2, 0.25) is 10.2 Å². The summed E-state index contributed by atoms with van der Waals surface area (Å²) in [5, 5.41) is 7.92. The summed E-state index contributed by atoms with van der Waals surface area (Å²) in [5.41, 5.74) is 1.32. The lowest BCUT2D eigenvalue weighted by atomic mass is 10.2. The fourth-order valence-electron chi connectivity index (χ4n) is 2.10. The van der Waals surface area contributed by atoms with Gasteiger partial charge in [-0.05, 0) is 42.5 Å². The second-order valence-corrected chi connectivity index (χ2v) is 5.53. The van der Waals surface area contributed by atoms with Crippen LogP contribution in [0, 0.1) is 4.77 Å². The molecule has 3 rings (SSSR count). The molecule has 0 unspecified atom stereocenters. The number of nitrogens with one attached hydrogen (secondary N) is 1. The van der Waals surface area contributed by atoms with Gasteiger partial charge in [0.05, 0.1) is 18.4 Å². The summed E-state index contributed by atoms with van der Waals surface area (Å²) in [5.74, 6) is 1.17. The predicted molar refractivity (Wildman–Crippen MR) is 88.6 cm³/mol. The van der Waals surface area contributed by atoms with Crippen molar-refractivity contribution < 1.29 is 4.74 Å². The molecular formula is C14H10Cl2N4OS. The molecule has 0 spiro atoms. The molecule has 0 radical (unpaired) electrons. The molecule has 8 heteroatoms. The molecule has 0 bridgehead atoms. The Hall–Kier alpha value is -1.89. The average molecular weight is 353 g/mol. The molecule has 0 amide bonds. The van der Waals surface area contributed by atoms with Gasteiger partial charge in [-0.25, -0.2) is 4.98 Å². The van der Waals surface area contributed by atoms with Gasteiger partial charge in [0.15, 0.2) is 15.7 Å². The lowest BCUT2D eigenvalue weighted by molar-refractivity contribution is 0.416.